The number of halogens is 1. The molecule has 0 spiro atoms. The highest BCUT2D eigenvalue weighted by molar-refractivity contribution is 6.30. The molecule has 0 atom stereocenters. The van der Waals surface area contributed by atoms with Gasteiger partial charge in [0.1, 0.15) is 5.60 Å². The fraction of sp³-hybridized carbons (Fsp3) is 0.222. The Kier molecular flexibility index (Phi) is 5.88. The van der Waals surface area contributed by atoms with Crippen LogP contribution in [-0.2, 0) is 4.74 Å². The number of carbonyl (C=O) groups is 2. The van der Waals surface area contributed by atoms with Crippen molar-refractivity contribution in [2.45, 2.75) is 26.4 Å². The zero-order valence-electron chi connectivity index (χ0n) is 14.2. The van der Waals surface area contributed by atoms with Crippen LogP contribution < -0.4 is 16.0 Å². The molecule has 3 amide bonds. The van der Waals surface area contributed by atoms with Gasteiger partial charge in [0.05, 0.1) is 0 Å². The molecule has 6 nitrogen and oxygen atoms in total. The Hall–Kier alpha value is -2.73. The van der Waals surface area contributed by atoms with Gasteiger partial charge in [-0.2, -0.15) is 0 Å². The summed E-state index contributed by atoms with van der Waals surface area (Å²) in [7, 11) is 0. The molecule has 0 aliphatic carbocycles. The van der Waals surface area contributed by atoms with Gasteiger partial charge < -0.3 is 15.4 Å². The standard InChI is InChI=1S/C18H20ClN3O3/c1-18(2,3)25-17(24)22-15-10-8-14(9-11-15)21-16(23)20-13-6-4-12(19)5-7-13/h4-11H,1-3H3,(H,22,24)(H2,20,21,23). The van der Waals surface area contributed by atoms with Crippen molar-refractivity contribution in [1.82, 2.24) is 0 Å². The van der Waals surface area contributed by atoms with E-state index in [4.69, 9.17) is 16.3 Å². The topological polar surface area (TPSA) is 79.5 Å². The summed E-state index contributed by atoms with van der Waals surface area (Å²) in [6.07, 6.45) is -0.534. The first-order chi connectivity index (χ1) is 11.7. The van der Waals surface area contributed by atoms with E-state index in [0.717, 1.165) is 0 Å². The summed E-state index contributed by atoms with van der Waals surface area (Å²) in [5.41, 5.74) is 1.22. The molecule has 3 N–H and O–H groups in total. The van der Waals surface area contributed by atoms with Crippen LogP contribution in [-0.4, -0.2) is 17.7 Å². The summed E-state index contributed by atoms with van der Waals surface area (Å²) in [5, 5.41) is 8.61. The molecule has 2 aromatic rings. The quantitative estimate of drug-likeness (QED) is 0.691. The molecule has 0 unspecified atom stereocenters. The van der Waals surface area contributed by atoms with Crippen LogP contribution in [0.5, 0.6) is 0 Å². The Labute approximate surface area is 151 Å². The first-order valence-corrected chi connectivity index (χ1v) is 8.03. The van der Waals surface area contributed by atoms with E-state index in [2.05, 4.69) is 16.0 Å². The van der Waals surface area contributed by atoms with Gasteiger partial charge in [-0.15, -0.1) is 0 Å². The number of benzene rings is 2. The van der Waals surface area contributed by atoms with Gasteiger partial charge in [-0.25, -0.2) is 9.59 Å². The lowest BCUT2D eigenvalue weighted by molar-refractivity contribution is 0.0636. The van der Waals surface area contributed by atoms with Crippen molar-refractivity contribution in [3.8, 4) is 0 Å². The second kappa shape index (κ2) is 7.90. The van der Waals surface area contributed by atoms with Crippen LogP contribution in [0.4, 0.5) is 26.7 Å². The van der Waals surface area contributed by atoms with E-state index in [9.17, 15) is 9.59 Å². The molecular formula is C18H20ClN3O3. The number of ether oxygens (including phenoxy) is 1. The summed E-state index contributed by atoms with van der Waals surface area (Å²) >= 11 is 5.80. The molecule has 7 heteroatoms. The van der Waals surface area contributed by atoms with Gasteiger partial charge in [-0.3, -0.25) is 5.32 Å². The molecule has 0 bridgehead atoms. The third-order valence-corrected chi connectivity index (χ3v) is 3.14. The van der Waals surface area contributed by atoms with Gasteiger partial charge in [-0.05, 0) is 69.3 Å². The third-order valence-electron chi connectivity index (χ3n) is 2.89. The summed E-state index contributed by atoms with van der Waals surface area (Å²) in [6, 6.07) is 13.1. The van der Waals surface area contributed by atoms with E-state index in [-0.39, 0.29) is 6.03 Å². The third kappa shape index (κ3) is 6.73. The predicted molar refractivity (Wildman–Crippen MR) is 100 cm³/mol. The van der Waals surface area contributed by atoms with Crippen LogP contribution in [0.15, 0.2) is 48.5 Å². The van der Waals surface area contributed by atoms with Gasteiger partial charge in [0.2, 0.25) is 0 Å². The SMILES string of the molecule is CC(C)(C)OC(=O)Nc1ccc(NC(=O)Nc2ccc(Cl)cc2)cc1. The van der Waals surface area contributed by atoms with Crippen LogP contribution in [0.2, 0.25) is 5.02 Å². The average molecular weight is 362 g/mol. The van der Waals surface area contributed by atoms with Crippen LogP contribution in [0.25, 0.3) is 0 Å². The molecule has 25 heavy (non-hydrogen) atoms. The number of nitrogens with one attached hydrogen (secondary N) is 3. The molecule has 0 saturated carbocycles. The monoisotopic (exact) mass is 361 g/mol. The lowest BCUT2D eigenvalue weighted by Gasteiger charge is -2.19. The van der Waals surface area contributed by atoms with E-state index in [1.807, 2.05) is 0 Å². The van der Waals surface area contributed by atoms with Gasteiger partial charge in [0.15, 0.2) is 0 Å². The number of amides is 3. The Morgan fingerprint density at radius 1 is 0.800 bits per heavy atom. The van der Waals surface area contributed by atoms with E-state index in [1.165, 1.54) is 0 Å². The minimum absolute atomic E-state index is 0.379. The van der Waals surface area contributed by atoms with Crippen molar-refractivity contribution in [3.05, 3.63) is 53.6 Å². The normalized spacial score (nSPS) is 10.7. The Bertz CT molecular complexity index is 738. The molecular weight excluding hydrogens is 342 g/mol. The van der Waals surface area contributed by atoms with Crippen LogP contribution in [0, 0.1) is 0 Å². The zero-order chi connectivity index (χ0) is 18.4. The van der Waals surface area contributed by atoms with Crippen LogP contribution in [0.1, 0.15) is 20.8 Å². The fourth-order valence-corrected chi connectivity index (χ4v) is 2.01. The Morgan fingerprint density at radius 3 is 1.64 bits per heavy atom. The average Bonchev–Trinajstić information content (AvgIpc) is 2.49. The smallest absolute Gasteiger partial charge is 0.412 e. The van der Waals surface area contributed by atoms with Crippen molar-refractivity contribution >= 4 is 40.8 Å². The molecule has 0 aliphatic rings. The summed E-state index contributed by atoms with van der Waals surface area (Å²) in [5.74, 6) is 0. The highest BCUT2D eigenvalue weighted by Crippen LogP contribution is 2.17. The van der Waals surface area contributed by atoms with Gasteiger partial charge in [-0.1, -0.05) is 11.6 Å². The summed E-state index contributed by atoms with van der Waals surface area (Å²) in [4.78, 5) is 23.6. The first kappa shape index (κ1) is 18.6. The molecule has 0 aliphatic heterocycles. The zero-order valence-corrected chi connectivity index (χ0v) is 15.0. The van der Waals surface area contributed by atoms with Crippen molar-refractivity contribution in [1.29, 1.82) is 0 Å². The lowest BCUT2D eigenvalue weighted by atomic mass is 10.2. The molecule has 0 aromatic heterocycles. The van der Waals surface area contributed by atoms with Crippen molar-refractivity contribution in [2.24, 2.45) is 0 Å². The Morgan fingerprint density at radius 2 is 1.20 bits per heavy atom. The van der Waals surface area contributed by atoms with Crippen molar-refractivity contribution in [2.75, 3.05) is 16.0 Å². The van der Waals surface area contributed by atoms with Gasteiger partial charge >= 0.3 is 12.1 Å². The first-order valence-electron chi connectivity index (χ1n) is 7.65. The van der Waals surface area contributed by atoms with Crippen molar-refractivity contribution in [3.63, 3.8) is 0 Å². The molecule has 0 radical (unpaired) electrons. The van der Waals surface area contributed by atoms with Crippen molar-refractivity contribution < 1.29 is 14.3 Å². The summed E-state index contributed by atoms with van der Waals surface area (Å²) in [6.45, 7) is 5.37. The number of hydrogen-bond donors (Lipinski definition) is 3. The minimum atomic E-state index is -0.564. The highest BCUT2D eigenvalue weighted by Gasteiger charge is 2.16. The molecule has 0 fully saturated rings. The fourth-order valence-electron chi connectivity index (χ4n) is 1.89. The van der Waals surface area contributed by atoms with Crippen LogP contribution >= 0.6 is 11.6 Å². The lowest BCUT2D eigenvalue weighted by Crippen LogP contribution is -2.27. The minimum Gasteiger partial charge on any atom is -0.444 e. The number of hydrogen-bond acceptors (Lipinski definition) is 3. The molecule has 132 valence electrons. The maximum absolute atomic E-state index is 11.9. The maximum atomic E-state index is 11.9. The number of rotatable bonds is 3. The van der Waals surface area contributed by atoms with Gasteiger partial charge in [0.25, 0.3) is 0 Å². The predicted octanol–water partition coefficient (Wildman–Crippen LogP) is 5.33. The molecule has 2 rings (SSSR count). The van der Waals surface area contributed by atoms with E-state index in [0.29, 0.717) is 22.1 Å². The van der Waals surface area contributed by atoms with E-state index < -0.39 is 11.7 Å². The Balaban J connectivity index is 1.88. The number of urea groups is 1. The van der Waals surface area contributed by atoms with E-state index >= 15 is 0 Å². The van der Waals surface area contributed by atoms with Crippen LogP contribution in [0.3, 0.4) is 0 Å². The highest BCUT2D eigenvalue weighted by atomic mass is 35.5. The second-order valence-corrected chi connectivity index (χ2v) is 6.73. The molecule has 0 heterocycles. The largest absolute Gasteiger partial charge is 0.444 e. The second-order valence-electron chi connectivity index (χ2n) is 6.29. The summed E-state index contributed by atoms with van der Waals surface area (Å²) < 4.78 is 5.17. The number of anilines is 3. The maximum Gasteiger partial charge on any atom is 0.412 e. The molecule has 0 saturated heterocycles. The molecule has 2 aromatic carbocycles. The van der Waals surface area contributed by atoms with Gasteiger partial charge in [0, 0.05) is 22.1 Å². The van der Waals surface area contributed by atoms with E-state index in [1.54, 1.807) is 69.3 Å². The number of carbonyl (C=O) groups excluding carboxylic acids is 2.